The average molecular weight is 320 g/mol. The van der Waals surface area contributed by atoms with E-state index in [-0.39, 0.29) is 10.4 Å². The van der Waals surface area contributed by atoms with E-state index in [9.17, 15) is 8.42 Å². The van der Waals surface area contributed by atoms with Gasteiger partial charge in [0.25, 0.3) is 0 Å². The van der Waals surface area contributed by atoms with E-state index in [4.69, 9.17) is 0 Å². The summed E-state index contributed by atoms with van der Waals surface area (Å²) in [5, 5.41) is 0. The summed E-state index contributed by atoms with van der Waals surface area (Å²) in [6.45, 7) is 4.70. The minimum absolute atomic E-state index is 0.252. The maximum absolute atomic E-state index is 12.8. The summed E-state index contributed by atoms with van der Waals surface area (Å²) in [6.07, 6.45) is 9.76. The van der Waals surface area contributed by atoms with E-state index in [0.29, 0.717) is 16.7 Å². The molecule has 1 aromatic heterocycles. The zero-order chi connectivity index (χ0) is 15.6. The highest BCUT2D eigenvalue weighted by Crippen LogP contribution is 2.66. The van der Waals surface area contributed by atoms with Crippen LogP contribution in [0.3, 0.4) is 0 Å². The van der Waals surface area contributed by atoms with Crippen molar-refractivity contribution in [3.63, 3.8) is 0 Å². The van der Waals surface area contributed by atoms with Gasteiger partial charge in [-0.05, 0) is 67.4 Å². The average Bonchev–Trinajstić information content (AvgIpc) is 2.34. The molecule has 5 heteroatoms. The maximum atomic E-state index is 12.8. The van der Waals surface area contributed by atoms with Gasteiger partial charge in [-0.25, -0.2) is 13.1 Å². The van der Waals surface area contributed by atoms with E-state index in [1.807, 2.05) is 0 Å². The van der Waals surface area contributed by atoms with Crippen LogP contribution in [0.15, 0.2) is 29.4 Å². The van der Waals surface area contributed by atoms with E-state index in [2.05, 4.69) is 23.6 Å². The summed E-state index contributed by atoms with van der Waals surface area (Å²) < 4.78 is 28.6. The summed E-state index contributed by atoms with van der Waals surface area (Å²) in [7, 11) is -3.49. The lowest BCUT2D eigenvalue weighted by Crippen LogP contribution is -2.65. The van der Waals surface area contributed by atoms with Crippen molar-refractivity contribution in [3.05, 3.63) is 24.5 Å². The number of hydrogen-bond acceptors (Lipinski definition) is 3. The number of rotatable bonds is 3. The van der Waals surface area contributed by atoms with Crippen LogP contribution in [0.4, 0.5) is 0 Å². The van der Waals surface area contributed by atoms with Gasteiger partial charge in [0.05, 0.1) is 0 Å². The quantitative estimate of drug-likeness (QED) is 0.931. The van der Waals surface area contributed by atoms with Gasteiger partial charge in [0, 0.05) is 17.9 Å². The summed E-state index contributed by atoms with van der Waals surface area (Å²) in [5.41, 5.74) is 0.342. The third kappa shape index (κ3) is 2.29. The third-order valence-electron chi connectivity index (χ3n) is 5.92. The fourth-order valence-corrected chi connectivity index (χ4v) is 7.78. The molecule has 0 radical (unpaired) electrons. The summed E-state index contributed by atoms with van der Waals surface area (Å²) in [5.74, 6) is 0.669. The fourth-order valence-electron chi connectivity index (χ4n) is 6.41. The Balaban J connectivity index is 1.68. The molecule has 0 amide bonds. The molecule has 4 aliphatic rings. The first kappa shape index (κ1) is 14.6. The Morgan fingerprint density at radius 2 is 1.82 bits per heavy atom. The van der Waals surface area contributed by atoms with Crippen LogP contribution in [-0.4, -0.2) is 18.9 Å². The molecule has 1 heterocycles. The Bertz CT molecular complexity index is 683. The molecule has 4 bridgehead atoms. The second-order valence-corrected chi connectivity index (χ2v) is 10.4. The summed E-state index contributed by atoms with van der Waals surface area (Å²) >= 11 is 0. The van der Waals surface area contributed by atoms with E-state index in [1.165, 1.54) is 25.5 Å². The molecular weight excluding hydrogens is 296 g/mol. The van der Waals surface area contributed by atoms with Gasteiger partial charge < -0.3 is 0 Å². The van der Waals surface area contributed by atoms with Crippen molar-refractivity contribution in [1.29, 1.82) is 0 Å². The lowest BCUT2D eigenvalue weighted by Gasteiger charge is -2.65. The van der Waals surface area contributed by atoms with Crippen molar-refractivity contribution in [2.24, 2.45) is 16.7 Å². The fraction of sp³-hybridized carbons (Fsp3) is 0.706. The van der Waals surface area contributed by atoms with Crippen molar-refractivity contribution < 1.29 is 8.42 Å². The molecule has 4 saturated carbocycles. The Hall–Kier alpha value is -0.940. The van der Waals surface area contributed by atoms with E-state index >= 15 is 0 Å². The van der Waals surface area contributed by atoms with Crippen LogP contribution in [0, 0.1) is 16.7 Å². The van der Waals surface area contributed by atoms with E-state index in [1.54, 1.807) is 18.3 Å². The van der Waals surface area contributed by atoms with Crippen molar-refractivity contribution in [2.75, 3.05) is 0 Å². The van der Waals surface area contributed by atoms with Crippen molar-refractivity contribution in [1.82, 2.24) is 9.71 Å². The predicted molar refractivity (Wildman–Crippen MR) is 84.7 cm³/mol. The van der Waals surface area contributed by atoms with Gasteiger partial charge in [-0.3, -0.25) is 4.98 Å². The topological polar surface area (TPSA) is 59.1 Å². The number of hydrogen-bond donors (Lipinski definition) is 1. The Labute approximate surface area is 132 Å². The first-order valence-electron chi connectivity index (χ1n) is 8.16. The molecule has 22 heavy (non-hydrogen) atoms. The number of sulfonamides is 1. The highest BCUT2D eigenvalue weighted by atomic mass is 32.2. The molecule has 4 fully saturated rings. The zero-order valence-electron chi connectivity index (χ0n) is 13.3. The van der Waals surface area contributed by atoms with Gasteiger partial charge in [0.1, 0.15) is 4.90 Å². The molecular formula is C17H24N2O2S. The van der Waals surface area contributed by atoms with Crippen molar-refractivity contribution in [3.8, 4) is 0 Å². The van der Waals surface area contributed by atoms with Crippen LogP contribution in [0.1, 0.15) is 52.4 Å². The number of nitrogens with one attached hydrogen (secondary N) is 1. The van der Waals surface area contributed by atoms with Crippen molar-refractivity contribution >= 4 is 10.0 Å². The van der Waals surface area contributed by atoms with Crippen LogP contribution >= 0.6 is 0 Å². The molecule has 4 nitrogen and oxygen atoms in total. The molecule has 120 valence electrons. The lowest BCUT2D eigenvalue weighted by molar-refractivity contribution is -0.110. The van der Waals surface area contributed by atoms with E-state index < -0.39 is 10.0 Å². The molecule has 0 saturated heterocycles. The molecule has 0 aromatic carbocycles. The molecule has 1 N–H and O–H groups in total. The van der Waals surface area contributed by atoms with Gasteiger partial charge in [0.15, 0.2) is 0 Å². The second kappa shape index (κ2) is 4.32. The molecule has 0 spiro atoms. The third-order valence-corrected chi connectivity index (χ3v) is 7.49. The number of aromatic nitrogens is 1. The molecule has 4 aliphatic carbocycles. The first-order valence-corrected chi connectivity index (χ1v) is 9.64. The molecule has 0 aliphatic heterocycles. The highest BCUT2D eigenvalue weighted by molar-refractivity contribution is 7.89. The monoisotopic (exact) mass is 320 g/mol. The van der Waals surface area contributed by atoms with Crippen molar-refractivity contribution in [2.45, 2.75) is 62.8 Å². The van der Waals surface area contributed by atoms with Gasteiger partial charge in [-0.2, -0.15) is 0 Å². The Morgan fingerprint density at radius 3 is 2.36 bits per heavy atom. The van der Waals surface area contributed by atoms with Crippen LogP contribution < -0.4 is 4.72 Å². The SMILES string of the molecule is CC12CC3CC(C)(C1)CC(NS(=O)(=O)c1cccnc1)(C3)C2. The number of nitrogens with zero attached hydrogens (tertiary/aromatic N) is 1. The smallest absolute Gasteiger partial charge is 0.242 e. The minimum Gasteiger partial charge on any atom is -0.263 e. The second-order valence-electron chi connectivity index (χ2n) is 8.70. The predicted octanol–water partition coefficient (Wildman–Crippen LogP) is 3.11. The lowest BCUT2D eigenvalue weighted by atomic mass is 9.43. The van der Waals surface area contributed by atoms with Gasteiger partial charge in [-0.15, -0.1) is 0 Å². The first-order chi connectivity index (χ1) is 10.2. The number of pyridine rings is 1. The van der Waals surface area contributed by atoms with Crippen LogP contribution in [-0.2, 0) is 10.0 Å². The van der Waals surface area contributed by atoms with Gasteiger partial charge in [0.2, 0.25) is 10.0 Å². The molecule has 5 rings (SSSR count). The maximum Gasteiger partial charge on any atom is 0.242 e. The molecule has 1 aromatic rings. The van der Waals surface area contributed by atoms with Crippen LogP contribution in [0.2, 0.25) is 0 Å². The minimum atomic E-state index is -3.49. The Morgan fingerprint density at radius 1 is 1.14 bits per heavy atom. The standard InChI is InChI=1S/C17H24N2O2S/c1-15-6-13-7-16(2,10-15)12-17(8-13,11-15)19-22(20,21)14-4-3-5-18-9-14/h3-5,9,13,19H,6-8,10-12H2,1-2H3. The normalized spacial score (nSPS) is 43.5. The summed E-state index contributed by atoms with van der Waals surface area (Å²) in [6, 6.07) is 3.30. The summed E-state index contributed by atoms with van der Waals surface area (Å²) in [4.78, 5) is 4.23. The highest BCUT2D eigenvalue weighted by Gasteiger charge is 2.61. The van der Waals surface area contributed by atoms with E-state index in [0.717, 1.165) is 19.3 Å². The molecule has 2 atom stereocenters. The van der Waals surface area contributed by atoms with Gasteiger partial charge >= 0.3 is 0 Å². The largest absolute Gasteiger partial charge is 0.263 e. The Kier molecular flexibility index (Phi) is 2.88. The van der Waals surface area contributed by atoms with Gasteiger partial charge in [-0.1, -0.05) is 13.8 Å². The molecule has 2 unspecified atom stereocenters. The zero-order valence-corrected chi connectivity index (χ0v) is 14.1. The van der Waals surface area contributed by atoms with Crippen LogP contribution in [0.5, 0.6) is 0 Å². The van der Waals surface area contributed by atoms with Crippen LogP contribution in [0.25, 0.3) is 0 Å².